The molecule has 2 aromatic carbocycles. The molecule has 1 unspecified atom stereocenters. The SMILES string of the molecule is CCCc1nc(C(C)(C)O)c(C(=O)NC(CCCCN)C(=O)OCCCCO[N+](=O)[O-])n1Cc1ccc(-c2ccccc2-c2nn[nH]n2)cc1. The normalized spacial score (nSPS) is 12.0. The number of ether oxygens (including phenoxy) is 1. The maximum absolute atomic E-state index is 14.1. The zero-order valence-electron chi connectivity index (χ0n) is 28.6. The van der Waals surface area contributed by atoms with E-state index >= 15 is 0 Å². The minimum atomic E-state index is -1.47. The molecule has 0 spiro atoms. The number of nitrogens with zero attached hydrogens (tertiary/aromatic N) is 6. The van der Waals surface area contributed by atoms with E-state index in [1.807, 2.05) is 55.5 Å². The van der Waals surface area contributed by atoms with Crippen molar-refractivity contribution in [1.29, 1.82) is 0 Å². The molecule has 5 N–H and O–H groups in total. The molecule has 268 valence electrons. The standard InChI is InChI=1S/C34H45N9O7/c1-4-11-28-37-30(34(2,3)46)29(32(44)36-27(14-7-8-19-35)33(45)49-20-9-10-21-50-43(47)48)42(28)22-23-15-17-24(18-16-23)25-12-5-6-13-26(25)31-38-40-41-39-31/h5-6,12-13,15-18,27,46H,4,7-11,14,19-22,35H2,1-3H3,(H,36,44)(H,38,39,40,41). The van der Waals surface area contributed by atoms with Gasteiger partial charge in [0, 0.05) is 18.5 Å². The number of rotatable bonds is 20. The number of benzene rings is 2. The number of aliphatic hydroxyl groups is 1. The number of carbonyl (C=O) groups is 2. The van der Waals surface area contributed by atoms with Crippen molar-refractivity contribution in [2.24, 2.45) is 5.73 Å². The van der Waals surface area contributed by atoms with Crippen LogP contribution in [0.2, 0.25) is 0 Å². The van der Waals surface area contributed by atoms with Gasteiger partial charge in [-0.25, -0.2) is 9.78 Å². The summed E-state index contributed by atoms with van der Waals surface area (Å²) in [5, 5.41) is 37.9. The second-order valence-electron chi connectivity index (χ2n) is 12.3. The van der Waals surface area contributed by atoms with E-state index in [2.05, 4.69) is 30.8 Å². The van der Waals surface area contributed by atoms with Gasteiger partial charge >= 0.3 is 5.97 Å². The van der Waals surface area contributed by atoms with Gasteiger partial charge in [-0.05, 0) is 80.8 Å². The number of aromatic nitrogens is 6. The second-order valence-corrected chi connectivity index (χ2v) is 12.3. The van der Waals surface area contributed by atoms with Crippen molar-refractivity contribution >= 4 is 11.9 Å². The molecule has 50 heavy (non-hydrogen) atoms. The summed E-state index contributed by atoms with van der Waals surface area (Å²) in [6.07, 6.45) is 3.45. The number of H-pyrrole nitrogens is 1. The maximum Gasteiger partial charge on any atom is 0.328 e. The lowest BCUT2D eigenvalue weighted by Gasteiger charge is -2.21. The number of imidazole rings is 1. The van der Waals surface area contributed by atoms with Crippen molar-refractivity contribution in [2.75, 3.05) is 19.8 Å². The number of esters is 1. The van der Waals surface area contributed by atoms with Crippen LogP contribution in [0.3, 0.4) is 0 Å². The van der Waals surface area contributed by atoms with E-state index in [1.165, 1.54) is 0 Å². The molecule has 4 aromatic rings. The fraction of sp³-hybridized carbons (Fsp3) is 0.471. The largest absolute Gasteiger partial charge is 0.464 e. The number of hydrogen-bond acceptors (Lipinski definition) is 12. The number of nitrogens with two attached hydrogens (primary N) is 1. The molecule has 0 aliphatic carbocycles. The molecule has 16 heteroatoms. The molecule has 0 aliphatic rings. The highest BCUT2D eigenvalue weighted by molar-refractivity contribution is 5.97. The lowest BCUT2D eigenvalue weighted by molar-refractivity contribution is -0.757. The molecule has 0 bridgehead atoms. The number of amides is 1. The van der Waals surface area contributed by atoms with Gasteiger partial charge in [-0.3, -0.25) is 4.79 Å². The highest BCUT2D eigenvalue weighted by Gasteiger charge is 2.33. The van der Waals surface area contributed by atoms with Crippen LogP contribution < -0.4 is 11.1 Å². The third-order valence-corrected chi connectivity index (χ3v) is 7.95. The summed E-state index contributed by atoms with van der Waals surface area (Å²) in [5.74, 6) is -0.0984. The van der Waals surface area contributed by atoms with Crippen LogP contribution in [0.5, 0.6) is 0 Å². The Bertz CT molecular complexity index is 1700. The Morgan fingerprint density at radius 1 is 1.08 bits per heavy atom. The fourth-order valence-corrected chi connectivity index (χ4v) is 5.50. The molecular formula is C34H45N9O7. The van der Waals surface area contributed by atoms with Crippen LogP contribution in [0.1, 0.15) is 86.9 Å². The van der Waals surface area contributed by atoms with Crippen LogP contribution in [0.15, 0.2) is 48.5 Å². The molecule has 2 heterocycles. The van der Waals surface area contributed by atoms with Gasteiger partial charge in [-0.15, -0.1) is 20.3 Å². The highest BCUT2D eigenvalue weighted by Crippen LogP contribution is 2.31. The van der Waals surface area contributed by atoms with Crippen molar-refractivity contribution in [1.82, 2.24) is 35.5 Å². The van der Waals surface area contributed by atoms with Crippen molar-refractivity contribution in [3.8, 4) is 22.5 Å². The summed E-state index contributed by atoms with van der Waals surface area (Å²) in [4.78, 5) is 46.7. The monoisotopic (exact) mass is 691 g/mol. The summed E-state index contributed by atoms with van der Waals surface area (Å²) < 4.78 is 7.23. The molecule has 0 saturated heterocycles. The number of tetrazole rings is 1. The zero-order valence-corrected chi connectivity index (χ0v) is 28.6. The van der Waals surface area contributed by atoms with Crippen LogP contribution in [0, 0.1) is 10.1 Å². The van der Waals surface area contributed by atoms with E-state index in [0.717, 1.165) is 28.7 Å². The topological polar surface area (TPSA) is 226 Å². The smallest absolute Gasteiger partial charge is 0.328 e. The second kappa shape index (κ2) is 18.0. The number of nitrogens with one attached hydrogen (secondary N) is 2. The van der Waals surface area contributed by atoms with Crippen molar-refractivity contribution in [2.45, 2.75) is 83.9 Å². The molecular weight excluding hydrogens is 646 g/mol. The van der Waals surface area contributed by atoms with E-state index in [4.69, 9.17) is 15.5 Å². The predicted molar refractivity (Wildman–Crippen MR) is 183 cm³/mol. The minimum Gasteiger partial charge on any atom is -0.464 e. The number of hydrogen-bond donors (Lipinski definition) is 4. The first-order valence-corrected chi connectivity index (χ1v) is 16.7. The Balaban J connectivity index is 1.60. The van der Waals surface area contributed by atoms with Gasteiger partial charge < -0.3 is 30.3 Å². The van der Waals surface area contributed by atoms with E-state index in [0.29, 0.717) is 50.3 Å². The van der Waals surface area contributed by atoms with Crippen LogP contribution >= 0.6 is 0 Å². The van der Waals surface area contributed by atoms with Crippen LogP contribution in [-0.4, -0.2) is 78.0 Å². The van der Waals surface area contributed by atoms with Gasteiger partial charge in [0.2, 0.25) is 5.82 Å². The molecule has 1 atom stereocenters. The Morgan fingerprint density at radius 3 is 2.44 bits per heavy atom. The quantitative estimate of drug-likeness (QED) is 0.0450. The number of carbonyl (C=O) groups excluding carboxylic acids is 2. The van der Waals surface area contributed by atoms with Crippen molar-refractivity contribution in [3.05, 3.63) is 81.4 Å². The predicted octanol–water partition coefficient (Wildman–Crippen LogP) is 3.72. The first-order valence-electron chi connectivity index (χ1n) is 16.7. The molecule has 16 nitrogen and oxygen atoms in total. The molecule has 0 aliphatic heterocycles. The summed E-state index contributed by atoms with van der Waals surface area (Å²) in [6, 6.07) is 14.6. The minimum absolute atomic E-state index is 0.00619. The van der Waals surface area contributed by atoms with Crippen LogP contribution in [-0.2, 0) is 32.9 Å². The highest BCUT2D eigenvalue weighted by atomic mass is 16.9. The summed E-state index contributed by atoms with van der Waals surface area (Å²) in [7, 11) is 0. The van der Waals surface area contributed by atoms with Gasteiger partial charge in [0.05, 0.1) is 13.2 Å². The van der Waals surface area contributed by atoms with Gasteiger partial charge in [0.25, 0.3) is 11.0 Å². The van der Waals surface area contributed by atoms with E-state index in [1.54, 1.807) is 18.4 Å². The molecule has 1 amide bonds. The van der Waals surface area contributed by atoms with Gasteiger partial charge in [-0.2, -0.15) is 5.21 Å². The van der Waals surface area contributed by atoms with Gasteiger partial charge in [0.1, 0.15) is 28.9 Å². The summed E-state index contributed by atoms with van der Waals surface area (Å²) in [6.45, 7) is 5.74. The van der Waals surface area contributed by atoms with Crippen LogP contribution in [0.25, 0.3) is 22.5 Å². The molecule has 4 rings (SSSR count). The van der Waals surface area contributed by atoms with Crippen molar-refractivity contribution < 1.29 is 29.4 Å². The third-order valence-electron chi connectivity index (χ3n) is 7.95. The van der Waals surface area contributed by atoms with E-state index in [-0.39, 0.29) is 37.6 Å². The third kappa shape index (κ3) is 10.1. The number of aryl methyl sites for hydroxylation is 1. The first-order chi connectivity index (χ1) is 24.0. The first kappa shape index (κ1) is 37.6. The molecule has 0 fully saturated rings. The molecule has 2 aromatic heterocycles. The van der Waals surface area contributed by atoms with E-state index in [9.17, 15) is 24.8 Å². The average molecular weight is 692 g/mol. The Hall–Kier alpha value is -5.22. The molecule has 0 radical (unpaired) electrons. The van der Waals surface area contributed by atoms with Gasteiger partial charge in [0.15, 0.2) is 0 Å². The number of aromatic amines is 1. The summed E-state index contributed by atoms with van der Waals surface area (Å²) in [5.41, 5.74) is 8.14. The van der Waals surface area contributed by atoms with Crippen LogP contribution in [0.4, 0.5) is 0 Å². The molecule has 0 saturated carbocycles. The Morgan fingerprint density at radius 2 is 1.80 bits per heavy atom. The van der Waals surface area contributed by atoms with Gasteiger partial charge in [-0.1, -0.05) is 55.5 Å². The number of unbranched alkanes of at least 4 members (excludes halogenated alkanes) is 2. The lowest BCUT2D eigenvalue weighted by atomic mass is 9.98. The zero-order chi connectivity index (χ0) is 36.1. The lowest BCUT2D eigenvalue weighted by Crippen LogP contribution is -2.43. The maximum atomic E-state index is 14.1. The average Bonchev–Trinajstić information content (AvgIpc) is 3.75. The van der Waals surface area contributed by atoms with E-state index < -0.39 is 28.6 Å². The van der Waals surface area contributed by atoms with Crippen molar-refractivity contribution in [3.63, 3.8) is 0 Å². The Kier molecular flexibility index (Phi) is 13.5. The fourth-order valence-electron chi connectivity index (χ4n) is 5.50. The summed E-state index contributed by atoms with van der Waals surface area (Å²) >= 11 is 0. The Labute approximate surface area is 289 Å².